The summed E-state index contributed by atoms with van der Waals surface area (Å²) < 4.78 is 6.66. The molecule has 1 heterocycles. The van der Waals surface area contributed by atoms with Gasteiger partial charge in [0.2, 0.25) is 0 Å². The number of aromatic hydroxyl groups is 1. The molecule has 1 fully saturated rings. The molecule has 0 spiro atoms. The number of nitrogens with zero attached hydrogens (tertiary/aromatic N) is 1. The minimum absolute atomic E-state index is 0.234. The van der Waals surface area contributed by atoms with E-state index in [2.05, 4.69) is 26.1 Å². The number of nitrogens with one attached hydrogen (secondary N) is 1. The monoisotopic (exact) mass is 314 g/mol. The summed E-state index contributed by atoms with van der Waals surface area (Å²) in [6.07, 6.45) is 0.234. The highest BCUT2D eigenvalue weighted by Gasteiger charge is 2.20. The van der Waals surface area contributed by atoms with Crippen LogP contribution < -0.4 is 5.32 Å². The second kappa shape index (κ2) is 6.52. The lowest BCUT2D eigenvalue weighted by Gasteiger charge is -2.33. The maximum Gasteiger partial charge on any atom is 0.120 e. The molecule has 0 saturated carbocycles. The van der Waals surface area contributed by atoms with Crippen LogP contribution in [0.4, 0.5) is 0 Å². The maximum atomic E-state index is 9.84. The van der Waals surface area contributed by atoms with E-state index in [4.69, 9.17) is 4.74 Å². The summed E-state index contributed by atoms with van der Waals surface area (Å²) in [5.41, 5.74) is 0.953. The van der Waals surface area contributed by atoms with Gasteiger partial charge in [-0.05, 0) is 25.2 Å². The van der Waals surface area contributed by atoms with Gasteiger partial charge in [-0.25, -0.2) is 0 Å². The van der Waals surface area contributed by atoms with Crippen LogP contribution in [0.1, 0.15) is 5.56 Å². The number of likely N-dealkylation sites (N-methyl/N-ethyl adjacent to an activating group) is 1. The quantitative estimate of drug-likeness (QED) is 0.885. The van der Waals surface area contributed by atoms with Crippen molar-refractivity contribution in [2.45, 2.75) is 12.6 Å². The first-order valence-electron chi connectivity index (χ1n) is 6.15. The summed E-state index contributed by atoms with van der Waals surface area (Å²) in [6.45, 7) is 4.18. The molecule has 1 aromatic carbocycles. The van der Waals surface area contributed by atoms with Crippen molar-refractivity contribution in [3.8, 4) is 5.75 Å². The number of benzene rings is 1. The highest BCUT2D eigenvalue weighted by Crippen LogP contribution is 2.23. The lowest BCUT2D eigenvalue weighted by atomic mass is 10.1. The Labute approximate surface area is 116 Å². The summed E-state index contributed by atoms with van der Waals surface area (Å²) in [6, 6.07) is 5.55. The summed E-state index contributed by atoms with van der Waals surface area (Å²) in [5, 5.41) is 13.0. The van der Waals surface area contributed by atoms with Crippen molar-refractivity contribution in [2.75, 3.05) is 33.3 Å². The molecule has 1 aromatic rings. The van der Waals surface area contributed by atoms with Crippen molar-refractivity contribution in [1.82, 2.24) is 10.2 Å². The van der Waals surface area contributed by atoms with Gasteiger partial charge in [0.25, 0.3) is 0 Å². The molecule has 5 heteroatoms. The smallest absolute Gasteiger partial charge is 0.120 e. The Balaban J connectivity index is 1.98. The van der Waals surface area contributed by atoms with E-state index in [9.17, 15) is 5.11 Å². The van der Waals surface area contributed by atoms with Crippen LogP contribution in [0.2, 0.25) is 0 Å². The molecule has 0 bridgehead atoms. The SMILES string of the molecule is CNCC1CN(Cc2cc(Br)ccc2O)CCO1. The van der Waals surface area contributed by atoms with Gasteiger partial charge in [0.15, 0.2) is 0 Å². The van der Waals surface area contributed by atoms with Gasteiger partial charge < -0.3 is 15.2 Å². The summed E-state index contributed by atoms with van der Waals surface area (Å²) in [7, 11) is 1.93. The number of hydrogen-bond acceptors (Lipinski definition) is 4. The van der Waals surface area contributed by atoms with Crippen LogP contribution in [0.25, 0.3) is 0 Å². The molecule has 18 heavy (non-hydrogen) atoms. The molecule has 4 nitrogen and oxygen atoms in total. The summed E-state index contributed by atoms with van der Waals surface area (Å²) >= 11 is 3.43. The molecular formula is C13H19BrN2O2. The Morgan fingerprint density at radius 2 is 2.39 bits per heavy atom. The summed E-state index contributed by atoms with van der Waals surface area (Å²) in [4.78, 5) is 2.31. The van der Waals surface area contributed by atoms with Crippen LogP contribution in [0.5, 0.6) is 5.75 Å². The maximum absolute atomic E-state index is 9.84. The molecule has 100 valence electrons. The standard InChI is InChI=1S/C13H19BrN2O2/c1-15-7-12-9-16(4-5-18-12)8-10-6-11(14)2-3-13(10)17/h2-3,6,12,15,17H,4-5,7-9H2,1H3. The number of phenols is 1. The third-order valence-corrected chi connectivity index (χ3v) is 3.58. The molecule has 1 aliphatic rings. The normalized spacial score (nSPS) is 21.1. The molecule has 0 amide bonds. The van der Waals surface area contributed by atoms with E-state index < -0.39 is 0 Å². The number of hydrogen-bond donors (Lipinski definition) is 2. The fraction of sp³-hybridized carbons (Fsp3) is 0.538. The van der Waals surface area contributed by atoms with Crippen molar-refractivity contribution in [2.24, 2.45) is 0 Å². The number of phenolic OH excluding ortho intramolecular Hbond substituents is 1. The molecule has 1 saturated heterocycles. The first-order chi connectivity index (χ1) is 8.69. The molecule has 1 unspecified atom stereocenters. The average molecular weight is 315 g/mol. The van der Waals surface area contributed by atoms with E-state index >= 15 is 0 Å². The molecule has 0 radical (unpaired) electrons. The highest BCUT2D eigenvalue weighted by atomic mass is 79.9. The molecule has 2 N–H and O–H groups in total. The minimum atomic E-state index is 0.234. The Morgan fingerprint density at radius 3 is 3.17 bits per heavy atom. The van der Waals surface area contributed by atoms with E-state index in [0.29, 0.717) is 5.75 Å². The van der Waals surface area contributed by atoms with Crippen molar-refractivity contribution >= 4 is 15.9 Å². The second-order valence-electron chi connectivity index (χ2n) is 4.56. The van der Waals surface area contributed by atoms with Gasteiger partial charge in [0.1, 0.15) is 5.75 Å². The molecule has 0 aliphatic carbocycles. The Bertz CT molecular complexity index is 399. The van der Waals surface area contributed by atoms with E-state index in [1.165, 1.54) is 0 Å². The predicted molar refractivity (Wildman–Crippen MR) is 74.8 cm³/mol. The van der Waals surface area contributed by atoms with Crippen molar-refractivity contribution in [3.63, 3.8) is 0 Å². The van der Waals surface area contributed by atoms with Gasteiger partial charge in [-0.2, -0.15) is 0 Å². The molecule has 2 rings (SSSR count). The van der Waals surface area contributed by atoms with Gasteiger partial charge >= 0.3 is 0 Å². The fourth-order valence-electron chi connectivity index (χ4n) is 2.20. The van der Waals surface area contributed by atoms with Crippen molar-refractivity contribution in [1.29, 1.82) is 0 Å². The zero-order valence-corrected chi connectivity index (χ0v) is 12.1. The largest absolute Gasteiger partial charge is 0.508 e. The second-order valence-corrected chi connectivity index (χ2v) is 5.47. The highest BCUT2D eigenvalue weighted by molar-refractivity contribution is 9.10. The lowest BCUT2D eigenvalue weighted by molar-refractivity contribution is -0.0293. The number of halogens is 1. The van der Waals surface area contributed by atoms with Crippen LogP contribution in [-0.4, -0.2) is 49.4 Å². The molecular weight excluding hydrogens is 296 g/mol. The minimum Gasteiger partial charge on any atom is -0.508 e. The van der Waals surface area contributed by atoms with Crippen LogP contribution in [0.15, 0.2) is 22.7 Å². The number of morpholine rings is 1. The summed E-state index contributed by atoms with van der Waals surface area (Å²) in [5.74, 6) is 0.356. The van der Waals surface area contributed by atoms with Crippen LogP contribution in [-0.2, 0) is 11.3 Å². The Kier molecular flexibility index (Phi) is 5.00. The van der Waals surface area contributed by atoms with Gasteiger partial charge in [0, 0.05) is 36.2 Å². The molecule has 1 aliphatic heterocycles. The first kappa shape index (κ1) is 13.8. The Hall–Kier alpha value is -0.620. The zero-order valence-electron chi connectivity index (χ0n) is 10.5. The van der Waals surface area contributed by atoms with Crippen molar-refractivity contribution < 1.29 is 9.84 Å². The van der Waals surface area contributed by atoms with Crippen LogP contribution >= 0.6 is 15.9 Å². The number of rotatable bonds is 4. The fourth-order valence-corrected chi connectivity index (χ4v) is 2.61. The molecule has 0 aromatic heterocycles. The van der Waals surface area contributed by atoms with E-state index in [-0.39, 0.29) is 6.10 Å². The zero-order chi connectivity index (χ0) is 13.0. The predicted octanol–water partition coefficient (Wildman–Crippen LogP) is 1.57. The van der Waals surface area contributed by atoms with Gasteiger partial charge in [0.05, 0.1) is 12.7 Å². The lowest BCUT2D eigenvalue weighted by Crippen LogP contribution is -2.45. The van der Waals surface area contributed by atoms with Crippen molar-refractivity contribution in [3.05, 3.63) is 28.2 Å². The van der Waals surface area contributed by atoms with Gasteiger partial charge in [-0.3, -0.25) is 4.90 Å². The van der Waals surface area contributed by atoms with Crippen LogP contribution in [0, 0.1) is 0 Å². The van der Waals surface area contributed by atoms with Crippen LogP contribution in [0.3, 0.4) is 0 Å². The van der Waals surface area contributed by atoms with Gasteiger partial charge in [-0.1, -0.05) is 15.9 Å². The average Bonchev–Trinajstić information content (AvgIpc) is 2.35. The first-order valence-corrected chi connectivity index (χ1v) is 6.94. The van der Waals surface area contributed by atoms with E-state index in [0.717, 1.165) is 42.8 Å². The topological polar surface area (TPSA) is 44.7 Å². The van der Waals surface area contributed by atoms with Gasteiger partial charge in [-0.15, -0.1) is 0 Å². The van der Waals surface area contributed by atoms with E-state index in [1.807, 2.05) is 19.2 Å². The van der Waals surface area contributed by atoms with E-state index in [1.54, 1.807) is 6.07 Å². The third kappa shape index (κ3) is 3.68. The molecule has 1 atom stereocenters. The Morgan fingerprint density at radius 1 is 1.56 bits per heavy atom. The third-order valence-electron chi connectivity index (χ3n) is 3.09. The number of ether oxygens (including phenoxy) is 1.